The van der Waals surface area contributed by atoms with Crippen LogP contribution in [0.4, 0.5) is 61.5 Å². The molecule has 1 aromatic carbocycles. The van der Waals surface area contributed by atoms with E-state index in [1.165, 1.54) is 6.07 Å². The SMILES string of the molecule is FC(F)(F)C(F)(c1nc(Oc2ccccc2)nc(C(F)(C(F)(F)F)C(F)(F)F)n1)C(F)(F)F. The molecule has 33 heavy (non-hydrogen) atoms. The van der Waals surface area contributed by atoms with Gasteiger partial charge in [-0.25, -0.2) is 13.8 Å². The van der Waals surface area contributed by atoms with Crippen molar-refractivity contribution in [1.82, 2.24) is 15.0 Å². The zero-order valence-electron chi connectivity index (χ0n) is 14.9. The van der Waals surface area contributed by atoms with E-state index >= 15 is 0 Å². The summed E-state index contributed by atoms with van der Waals surface area (Å²) < 4.78 is 189. The molecule has 0 aliphatic rings. The molecule has 0 spiro atoms. The van der Waals surface area contributed by atoms with Crippen LogP contribution in [0, 0.1) is 0 Å². The van der Waals surface area contributed by atoms with Gasteiger partial charge in [-0.2, -0.15) is 62.7 Å². The van der Waals surface area contributed by atoms with Gasteiger partial charge in [-0.3, -0.25) is 0 Å². The van der Waals surface area contributed by atoms with Gasteiger partial charge in [0.25, 0.3) is 0 Å². The van der Waals surface area contributed by atoms with E-state index in [0.717, 1.165) is 24.3 Å². The summed E-state index contributed by atoms with van der Waals surface area (Å²) in [5.74, 6) is -7.38. The highest BCUT2D eigenvalue weighted by molar-refractivity contribution is 5.26. The average molecular weight is 509 g/mol. The molecule has 18 heteroatoms. The van der Waals surface area contributed by atoms with Crippen molar-refractivity contribution in [2.24, 2.45) is 0 Å². The third-order valence-electron chi connectivity index (χ3n) is 3.75. The van der Waals surface area contributed by atoms with Crippen LogP contribution in [-0.2, 0) is 11.3 Å². The standard InChI is InChI=1S/C15H5F14N3O/c16-10(12(18,19)20,13(21,22)23)7-30-8(11(17,14(24,25)26)15(27,28)29)32-9(31-7)33-6-4-2-1-3-5-6/h1-5H. The van der Waals surface area contributed by atoms with Crippen molar-refractivity contribution in [3.8, 4) is 11.8 Å². The number of rotatable bonds is 4. The molecule has 1 heterocycles. The van der Waals surface area contributed by atoms with Gasteiger partial charge in [-0.05, 0) is 12.1 Å². The molecule has 1 aromatic heterocycles. The van der Waals surface area contributed by atoms with Crippen molar-refractivity contribution in [2.45, 2.75) is 36.0 Å². The number of halogens is 14. The monoisotopic (exact) mass is 509 g/mol. The van der Waals surface area contributed by atoms with Gasteiger partial charge in [0.1, 0.15) is 5.75 Å². The molecular formula is C15H5F14N3O. The average Bonchev–Trinajstić information content (AvgIpc) is 2.63. The van der Waals surface area contributed by atoms with Crippen molar-refractivity contribution in [1.29, 1.82) is 0 Å². The number of aromatic nitrogens is 3. The van der Waals surface area contributed by atoms with E-state index in [-0.39, 0.29) is 0 Å². The number of alkyl halides is 14. The van der Waals surface area contributed by atoms with E-state index in [2.05, 4.69) is 14.7 Å². The summed E-state index contributed by atoms with van der Waals surface area (Å²) in [5, 5.41) is 0. The molecule has 4 nitrogen and oxygen atoms in total. The summed E-state index contributed by atoms with van der Waals surface area (Å²) >= 11 is 0. The normalized spacial score (nSPS) is 14.4. The summed E-state index contributed by atoms with van der Waals surface area (Å²) in [7, 11) is 0. The summed E-state index contributed by atoms with van der Waals surface area (Å²) in [6.07, 6.45) is -28.3. The molecular weight excluding hydrogens is 504 g/mol. The zero-order valence-corrected chi connectivity index (χ0v) is 14.9. The number of ether oxygens (including phenoxy) is 1. The summed E-state index contributed by atoms with van der Waals surface area (Å²) in [6, 6.07) is 3.04. The van der Waals surface area contributed by atoms with Crippen LogP contribution in [0.1, 0.15) is 11.6 Å². The van der Waals surface area contributed by atoms with E-state index in [1.807, 2.05) is 0 Å². The Morgan fingerprint density at radius 2 is 0.818 bits per heavy atom. The molecule has 2 rings (SSSR count). The minimum Gasteiger partial charge on any atom is -0.424 e. The Morgan fingerprint density at radius 1 is 0.485 bits per heavy atom. The maximum Gasteiger partial charge on any atom is 0.439 e. The lowest BCUT2D eigenvalue weighted by atomic mass is 10.0. The quantitative estimate of drug-likeness (QED) is 0.458. The van der Waals surface area contributed by atoms with Gasteiger partial charge in [-0.15, -0.1) is 0 Å². The molecule has 0 saturated carbocycles. The molecule has 0 aliphatic carbocycles. The molecule has 0 saturated heterocycles. The number of para-hydroxylation sites is 1. The van der Waals surface area contributed by atoms with Gasteiger partial charge in [0.2, 0.25) is 0 Å². The molecule has 0 bridgehead atoms. The maximum atomic E-state index is 14.3. The summed E-state index contributed by atoms with van der Waals surface area (Å²) in [6.45, 7) is 0. The number of benzene rings is 1. The Morgan fingerprint density at radius 3 is 1.12 bits per heavy atom. The fraction of sp³-hybridized carbons (Fsp3) is 0.400. The second kappa shape index (κ2) is 7.82. The second-order valence-electron chi connectivity index (χ2n) is 5.99. The van der Waals surface area contributed by atoms with Gasteiger partial charge in [-0.1, -0.05) is 18.2 Å². The number of nitrogens with zero attached hydrogens (tertiary/aromatic N) is 3. The number of hydrogen-bond donors (Lipinski definition) is 0. The van der Waals surface area contributed by atoms with Gasteiger partial charge < -0.3 is 4.74 Å². The molecule has 0 unspecified atom stereocenters. The van der Waals surface area contributed by atoms with Crippen molar-refractivity contribution in [2.75, 3.05) is 0 Å². The maximum absolute atomic E-state index is 14.3. The first-order chi connectivity index (χ1) is 14.7. The Kier molecular flexibility index (Phi) is 6.24. The Labute approximate surface area is 172 Å². The van der Waals surface area contributed by atoms with E-state index in [9.17, 15) is 61.5 Å². The minimum absolute atomic E-state index is 0.646. The van der Waals surface area contributed by atoms with Crippen LogP contribution in [0.3, 0.4) is 0 Å². The van der Waals surface area contributed by atoms with E-state index in [1.54, 1.807) is 4.98 Å². The first kappa shape index (κ1) is 26.3. The van der Waals surface area contributed by atoms with Crippen molar-refractivity contribution in [3.05, 3.63) is 42.0 Å². The highest BCUT2D eigenvalue weighted by Crippen LogP contribution is 2.55. The predicted octanol–water partition coefficient (Wildman–Crippen LogP) is 6.24. The molecule has 184 valence electrons. The zero-order chi connectivity index (χ0) is 25.7. The third-order valence-corrected chi connectivity index (χ3v) is 3.75. The lowest BCUT2D eigenvalue weighted by molar-refractivity contribution is -0.354. The topological polar surface area (TPSA) is 47.9 Å². The summed E-state index contributed by atoms with van der Waals surface area (Å²) in [5.41, 5.74) is -13.5. The highest BCUT2D eigenvalue weighted by Gasteiger charge is 2.78. The van der Waals surface area contributed by atoms with Crippen molar-refractivity contribution >= 4 is 0 Å². The third kappa shape index (κ3) is 4.46. The van der Waals surface area contributed by atoms with Crippen molar-refractivity contribution in [3.63, 3.8) is 0 Å². The van der Waals surface area contributed by atoms with Crippen LogP contribution in [0.2, 0.25) is 0 Å². The van der Waals surface area contributed by atoms with Crippen molar-refractivity contribution < 1.29 is 66.2 Å². The van der Waals surface area contributed by atoms with Gasteiger partial charge >= 0.3 is 42.1 Å². The van der Waals surface area contributed by atoms with Gasteiger partial charge in [0.05, 0.1) is 0 Å². The van der Waals surface area contributed by atoms with Gasteiger partial charge in [0, 0.05) is 0 Å². The molecule has 0 amide bonds. The van der Waals surface area contributed by atoms with Crippen LogP contribution in [-0.4, -0.2) is 39.7 Å². The van der Waals surface area contributed by atoms with Crippen LogP contribution in [0.5, 0.6) is 11.8 Å². The number of hydrogen-bond acceptors (Lipinski definition) is 4. The lowest BCUT2D eigenvalue weighted by Crippen LogP contribution is -2.54. The smallest absolute Gasteiger partial charge is 0.424 e. The molecule has 0 radical (unpaired) electrons. The Hall–Kier alpha value is -2.95. The molecule has 0 N–H and O–H groups in total. The lowest BCUT2D eigenvalue weighted by Gasteiger charge is -2.31. The van der Waals surface area contributed by atoms with Crippen LogP contribution in [0.15, 0.2) is 30.3 Å². The molecule has 2 aromatic rings. The minimum atomic E-state index is -7.07. The summed E-state index contributed by atoms with van der Waals surface area (Å²) in [4.78, 5) is 6.15. The first-order valence-corrected chi connectivity index (χ1v) is 7.81. The van der Waals surface area contributed by atoms with Crippen LogP contribution < -0.4 is 4.74 Å². The molecule has 0 atom stereocenters. The highest BCUT2D eigenvalue weighted by atomic mass is 19.4. The molecule has 0 aliphatic heterocycles. The first-order valence-electron chi connectivity index (χ1n) is 7.81. The van der Waals surface area contributed by atoms with E-state index < -0.39 is 59.5 Å². The predicted molar refractivity (Wildman–Crippen MR) is 76.1 cm³/mol. The Balaban J connectivity index is 2.94. The Bertz CT molecular complexity index is 896. The fourth-order valence-corrected chi connectivity index (χ4v) is 2.13. The van der Waals surface area contributed by atoms with Crippen LogP contribution in [0.25, 0.3) is 0 Å². The van der Waals surface area contributed by atoms with Gasteiger partial charge in [0.15, 0.2) is 11.6 Å². The fourth-order valence-electron chi connectivity index (χ4n) is 2.13. The van der Waals surface area contributed by atoms with E-state index in [4.69, 9.17) is 0 Å². The largest absolute Gasteiger partial charge is 0.439 e. The van der Waals surface area contributed by atoms with E-state index in [0.29, 0.717) is 0 Å². The second-order valence-corrected chi connectivity index (χ2v) is 5.99. The van der Waals surface area contributed by atoms with Crippen LogP contribution >= 0.6 is 0 Å². The molecule has 0 fully saturated rings.